The van der Waals surface area contributed by atoms with E-state index < -0.39 is 10.0 Å². The number of hydrogen-bond acceptors (Lipinski definition) is 3. The Balaban J connectivity index is 2.16. The Kier molecular flexibility index (Phi) is 4.60. The fraction of sp³-hybridized carbons (Fsp3) is 0.600. The van der Waals surface area contributed by atoms with E-state index in [0.717, 1.165) is 12.1 Å². The van der Waals surface area contributed by atoms with Gasteiger partial charge in [0.25, 0.3) is 0 Å². The van der Waals surface area contributed by atoms with E-state index in [2.05, 4.69) is 37.1 Å². The Morgan fingerprint density at radius 1 is 1.38 bits per heavy atom. The molecule has 0 aromatic carbocycles. The molecule has 21 heavy (non-hydrogen) atoms. The van der Waals surface area contributed by atoms with Crippen LogP contribution in [0.5, 0.6) is 0 Å². The highest BCUT2D eigenvalue weighted by Crippen LogP contribution is 2.31. The number of H-pyrrole nitrogens is 1. The predicted octanol–water partition coefficient (Wildman–Crippen LogP) is 2.10. The molecule has 2 N–H and O–H groups in total. The first-order chi connectivity index (χ1) is 9.75. The minimum absolute atomic E-state index is 0.115. The smallest absolute Gasteiger partial charge is 0.244 e. The van der Waals surface area contributed by atoms with Gasteiger partial charge in [-0.1, -0.05) is 32.4 Å². The normalized spacial score (nSPS) is 17.8. The van der Waals surface area contributed by atoms with E-state index >= 15 is 0 Å². The van der Waals surface area contributed by atoms with Crippen molar-refractivity contribution in [2.75, 3.05) is 20.1 Å². The minimum Gasteiger partial charge on any atom is -0.363 e. The molecule has 0 amide bonds. The van der Waals surface area contributed by atoms with Crippen LogP contribution in [0.2, 0.25) is 0 Å². The molecule has 118 valence electrons. The molecule has 0 saturated heterocycles. The molecule has 0 aliphatic carbocycles. The summed E-state index contributed by atoms with van der Waals surface area (Å²) in [7, 11) is -1.57. The third-order valence-corrected chi connectivity index (χ3v) is 5.70. The van der Waals surface area contributed by atoms with E-state index in [1.54, 1.807) is 16.6 Å². The summed E-state index contributed by atoms with van der Waals surface area (Å²) in [5, 5.41) is 3.00. The van der Waals surface area contributed by atoms with Crippen molar-refractivity contribution >= 4 is 10.0 Å². The van der Waals surface area contributed by atoms with Crippen LogP contribution in [-0.4, -0.2) is 37.8 Å². The lowest BCUT2D eigenvalue weighted by molar-refractivity contribution is 0.389. The first-order valence-corrected chi connectivity index (χ1v) is 8.70. The van der Waals surface area contributed by atoms with Gasteiger partial charge in [0.15, 0.2) is 0 Å². The van der Waals surface area contributed by atoms with Crippen LogP contribution >= 0.6 is 0 Å². The van der Waals surface area contributed by atoms with E-state index in [0.29, 0.717) is 24.5 Å². The quantitative estimate of drug-likeness (QED) is 0.837. The second-order valence-corrected chi connectivity index (χ2v) is 8.42. The van der Waals surface area contributed by atoms with Crippen molar-refractivity contribution in [3.8, 4) is 0 Å². The molecule has 5 nitrogen and oxygen atoms in total. The van der Waals surface area contributed by atoms with Gasteiger partial charge in [0.2, 0.25) is 10.0 Å². The lowest BCUT2D eigenvalue weighted by Crippen LogP contribution is -2.36. The van der Waals surface area contributed by atoms with Crippen molar-refractivity contribution < 1.29 is 8.42 Å². The molecule has 6 heteroatoms. The first-order valence-electron chi connectivity index (χ1n) is 7.26. The van der Waals surface area contributed by atoms with Gasteiger partial charge in [0.05, 0.1) is 4.90 Å². The van der Waals surface area contributed by atoms with Gasteiger partial charge in [0.1, 0.15) is 0 Å². The van der Waals surface area contributed by atoms with Crippen LogP contribution in [0.3, 0.4) is 0 Å². The molecule has 1 aromatic rings. The molecule has 2 heterocycles. The molecular weight excluding hydrogens is 286 g/mol. The van der Waals surface area contributed by atoms with Crippen LogP contribution < -0.4 is 5.32 Å². The zero-order valence-corrected chi connectivity index (χ0v) is 14.0. The fourth-order valence-electron chi connectivity index (χ4n) is 2.56. The predicted molar refractivity (Wildman–Crippen MR) is 84.5 cm³/mol. The Morgan fingerprint density at radius 2 is 2.10 bits per heavy atom. The topological polar surface area (TPSA) is 65.2 Å². The Morgan fingerprint density at radius 3 is 2.62 bits per heavy atom. The third-order valence-electron chi connectivity index (χ3n) is 3.86. The molecule has 0 fully saturated rings. The van der Waals surface area contributed by atoms with Crippen LogP contribution in [-0.2, 0) is 16.6 Å². The molecule has 0 bridgehead atoms. The van der Waals surface area contributed by atoms with Crippen LogP contribution in [0, 0.1) is 5.41 Å². The third kappa shape index (κ3) is 3.56. The second kappa shape index (κ2) is 5.94. The van der Waals surface area contributed by atoms with Gasteiger partial charge in [-0.15, -0.1) is 0 Å². The van der Waals surface area contributed by atoms with Gasteiger partial charge in [-0.2, -0.15) is 4.31 Å². The van der Waals surface area contributed by atoms with Gasteiger partial charge >= 0.3 is 0 Å². The lowest BCUT2D eigenvalue weighted by atomic mass is 9.83. The van der Waals surface area contributed by atoms with Crippen molar-refractivity contribution in [3.63, 3.8) is 0 Å². The number of aromatic amines is 1. The molecule has 0 unspecified atom stereocenters. The first kappa shape index (κ1) is 16.3. The highest BCUT2D eigenvalue weighted by Gasteiger charge is 2.29. The van der Waals surface area contributed by atoms with E-state index in [-0.39, 0.29) is 5.41 Å². The lowest BCUT2D eigenvalue weighted by Gasteiger charge is -2.31. The van der Waals surface area contributed by atoms with E-state index in [9.17, 15) is 8.42 Å². The Labute approximate surface area is 127 Å². The number of rotatable bonds is 4. The molecular formula is C15H25N3O2S. The summed E-state index contributed by atoms with van der Waals surface area (Å²) in [5.41, 5.74) is 2.32. The maximum absolute atomic E-state index is 12.6. The fourth-order valence-corrected chi connectivity index (χ4v) is 3.96. The summed E-state index contributed by atoms with van der Waals surface area (Å²) in [6, 6.07) is 1.70. The zero-order valence-electron chi connectivity index (χ0n) is 13.2. The van der Waals surface area contributed by atoms with Crippen LogP contribution in [0.4, 0.5) is 0 Å². The summed E-state index contributed by atoms with van der Waals surface area (Å²) in [4.78, 5) is 3.35. The Bertz CT molecular complexity index is 624. The number of aromatic nitrogens is 1. The van der Waals surface area contributed by atoms with Gasteiger partial charge in [0, 0.05) is 31.5 Å². The summed E-state index contributed by atoms with van der Waals surface area (Å²) < 4.78 is 26.8. The molecule has 0 spiro atoms. The largest absolute Gasteiger partial charge is 0.363 e. The second-order valence-electron chi connectivity index (χ2n) is 6.48. The van der Waals surface area contributed by atoms with E-state index in [1.807, 2.05) is 7.05 Å². The molecule has 1 aliphatic heterocycles. The van der Waals surface area contributed by atoms with Crippen LogP contribution in [0.15, 0.2) is 28.8 Å². The standard InChI is InChI=1S/C15H25N3O2S/c1-15(2,3)12-5-7-18(8-6-12)21(19,20)14-9-13(10-16-4)17-11-14/h5,9,11,16-17H,6-8,10H2,1-4H3. The summed E-state index contributed by atoms with van der Waals surface area (Å²) in [5.74, 6) is 0. The molecule has 1 aliphatic rings. The van der Waals surface area contributed by atoms with Gasteiger partial charge in [-0.05, 0) is 24.9 Å². The molecule has 1 aromatic heterocycles. The zero-order chi connectivity index (χ0) is 15.7. The van der Waals surface area contributed by atoms with Crippen molar-refractivity contribution in [1.29, 1.82) is 0 Å². The molecule has 0 atom stereocenters. The minimum atomic E-state index is -3.40. The average molecular weight is 311 g/mol. The Hall–Kier alpha value is -1.11. The molecule has 0 saturated carbocycles. The van der Waals surface area contributed by atoms with Gasteiger partial charge in [-0.3, -0.25) is 0 Å². The van der Waals surface area contributed by atoms with E-state index in [1.165, 1.54) is 5.57 Å². The highest BCUT2D eigenvalue weighted by atomic mass is 32.2. The molecule has 0 radical (unpaired) electrons. The average Bonchev–Trinajstić information content (AvgIpc) is 2.88. The van der Waals surface area contributed by atoms with Crippen molar-refractivity contribution in [3.05, 3.63) is 29.6 Å². The van der Waals surface area contributed by atoms with Crippen molar-refractivity contribution in [2.24, 2.45) is 5.41 Å². The number of nitrogens with one attached hydrogen (secondary N) is 2. The summed E-state index contributed by atoms with van der Waals surface area (Å²) in [6.45, 7) is 8.14. The van der Waals surface area contributed by atoms with E-state index in [4.69, 9.17) is 0 Å². The summed E-state index contributed by atoms with van der Waals surface area (Å²) in [6.07, 6.45) is 4.43. The highest BCUT2D eigenvalue weighted by molar-refractivity contribution is 7.89. The van der Waals surface area contributed by atoms with Crippen molar-refractivity contribution in [2.45, 2.75) is 38.6 Å². The number of nitrogens with zero attached hydrogens (tertiary/aromatic N) is 1. The SMILES string of the molecule is CNCc1cc(S(=O)(=O)N2CC=C(C(C)(C)C)CC2)c[nH]1. The van der Waals surface area contributed by atoms with Gasteiger partial charge < -0.3 is 10.3 Å². The number of hydrogen-bond donors (Lipinski definition) is 2. The number of sulfonamides is 1. The maximum atomic E-state index is 12.6. The summed E-state index contributed by atoms with van der Waals surface area (Å²) >= 11 is 0. The monoisotopic (exact) mass is 311 g/mol. The van der Waals surface area contributed by atoms with Crippen LogP contribution in [0.1, 0.15) is 32.9 Å². The molecule has 2 rings (SSSR count). The van der Waals surface area contributed by atoms with Crippen LogP contribution in [0.25, 0.3) is 0 Å². The van der Waals surface area contributed by atoms with Crippen molar-refractivity contribution in [1.82, 2.24) is 14.6 Å². The maximum Gasteiger partial charge on any atom is 0.244 e. The van der Waals surface area contributed by atoms with Gasteiger partial charge in [-0.25, -0.2) is 8.42 Å².